The van der Waals surface area contributed by atoms with Crippen LogP contribution < -0.4 is 35.1 Å². The molecule has 0 saturated heterocycles. The molecule has 3 N–H and O–H groups in total. The Balaban J connectivity index is 0.000000165. The molecule has 4 heterocycles. The lowest BCUT2D eigenvalue weighted by Gasteiger charge is -2.30. The van der Waals surface area contributed by atoms with Crippen LogP contribution in [0.4, 0.5) is 54.8 Å². The summed E-state index contributed by atoms with van der Waals surface area (Å²) in [5, 5.41) is 24.4. The molecule has 0 atom stereocenters. The first-order valence-electron chi connectivity index (χ1n) is 17.2. The molecule has 2 aliphatic heterocycles. The van der Waals surface area contributed by atoms with Crippen molar-refractivity contribution in [3.8, 4) is 17.2 Å². The smallest absolute Gasteiger partial charge is 0.307 e. The number of ether oxygens (including phenoxy) is 4. The van der Waals surface area contributed by atoms with Gasteiger partial charge in [0, 0.05) is 42.7 Å². The van der Waals surface area contributed by atoms with Gasteiger partial charge < -0.3 is 34.9 Å². The Labute approximate surface area is 339 Å². The second-order valence-electron chi connectivity index (χ2n) is 12.0. The van der Waals surface area contributed by atoms with Crippen molar-refractivity contribution in [3.63, 3.8) is 0 Å². The van der Waals surface area contributed by atoms with Gasteiger partial charge in [-0.2, -0.15) is 13.8 Å². The van der Waals surface area contributed by atoms with Crippen LogP contribution in [-0.2, 0) is 4.74 Å². The maximum absolute atomic E-state index is 13.9. The van der Waals surface area contributed by atoms with Crippen LogP contribution in [0.15, 0.2) is 103 Å². The maximum atomic E-state index is 13.9. The lowest BCUT2D eigenvalue weighted by Crippen LogP contribution is -2.32. The molecule has 0 radical (unpaired) electrons. The number of aromatic nitrogens is 4. The normalized spacial score (nSPS) is 13.4. The molecule has 18 nitrogen and oxygen atoms in total. The minimum absolute atomic E-state index is 0.0376. The lowest BCUT2D eigenvalue weighted by molar-refractivity contribution is -0.387. The van der Waals surface area contributed by atoms with Gasteiger partial charge in [0.05, 0.1) is 60.3 Å². The minimum Gasteiger partial charge on any atom is -0.494 e. The van der Waals surface area contributed by atoms with E-state index in [1.165, 1.54) is 14.2 Å². The van der Waals surface area contributed by atoms with Gasteiger partial charge >= 0.3 is 11.4 Å². The summed E-state index contributed by atoms with van der Waals surface area (Å²) in [5.41, 5.74) is 6.08. The average molecular weight is 830 g/mol. The van der Waals surface area contributed by atoms with E-state index >= 15 is 0 Å². The molecule has 59 heavy (non-hydrogen) atoms. The zero-order valence-electron chi connectivity index (χ0n) is 31.0. The number of para-hydroxylation sites is 2. The SMILES string of the molecule is COc1cc(F)c([N+](=O)[O-])cc1N.COc1cc(F)c([N+](=O)[O-])cc1Nc1nccc(N2CCOc3ccccc32)n1.Clc1nccc(N2CCOC3=C2C=C[C+]=C3)n1. The molecular weight excluding hydrogens is 798 g/mol. The Morgan fingerprint density at radius 1 is 0.864 bits per heavy atom. The molecular formula is C38H32ClF2N10O8+. The molecule has 0 amide bonds. The Kier molecular flexibility index (Phi) is 12.8. The number of benzene rings is 3. The summed E-state index contributed by atoms with van der Waals surface area (Å²) in [6.45, 7) is 2.46. The van der Waals surface area contributed by atoms with Crippen LogP contribution in [-0.4, -0.2) is 70.3 Å². The molecule has 1 aliphatic carbocycles. The first kappa shape index (κ1) is 40.9. The standard InChI is InChI=1S/C19H16FN5O4.C12H9ClN3O.C7H7FN2O3/c1-28-17-10-12(20)15(25(26)27)11-13(17)22-19-21-7-6-18(23-19)24-8-9-29-16-5-3-2-4-14(16)24;13-12-14-6-5-11(15-12)16-7-8-17-10-4-2-1-3-9(10)16;1-13-7-2-4(8)6(10(11)12)3-5(7)9/h2-7,10-11H,8-9H2,1H3,(H,21,22,23);1,3-6H,7-8H2;2-3H,9H2,1H3/q;+1;. The van der Waals surface area contributed by atoms with Gasteiger partial charge in [0.25, 0.3) is 5.76 Å². The van der Waals surface area contributed by atoms with Crippen molar-refractivity contribution in [1.29, 1.82) is 0 Å². The van der Waals surface area contributed by atoms with Crippen LogP contribution in [0.3, 0.4) is 0 Å². The summed E-state index contributed by atoms with van der Waals surface area (Å²) in [4.78, 5) is 40.4. The van der Waals surface area contributed by atoms with Crippen LogP contribution in [0, 0.1) is 37.9 Å². The van der Waals surface area contributed by atoms with Gasteiger partial charge in [-0.25, -0.2) is 15.0 Å². The van der Waals surface area contributed by atoms with Gasteiger partial charge in [-0.05, 0) is 35.9 Å². The first-order chi connectivity index (χ1) is 28.5. The van der Waals surface area contributed by atoms with Crippen LogP contribution in [0.25, 0.3) is 0 Å². The summed E-state index contributed by atoms with van der Waals surface area (Å²) in [7, 11) is 2.64. The molecule has 0 unspecified atom stereocenters. The van der Waals surface area contributed by atoms with Crippen LogP contribution in [0.1, 0.15) is 0 Å². The Morgan fingerprint density at radius 2 is 1.51 bits per heavy atom. The van der Waals surface area contributed by atoms with E-state index in [0.717, 1.165) is 59.5 Å². The number of anilines is 6. The van der Waals surface area contributed by atoms with Crippen molar-refractivity contribution in [2.24, 2.45) is 0 Å². The highest BCUT2D eigenvalue weighted by Gasteiger charge is 2.28. The molecule has 0 fully saturated rings. The summed E-state index contributed by atoms with van der Waals surface area (Å²) in [6.07, 6.45) is 11.8. The fourth-order valence-corrected chi connectivity index (χ4v) is 5.88. The summed E-state index contributed by atoms with van der Waals surface area (Å²) >= 11 is 5.80. The highest BCUT2D eigenvalue weighted by atomic mass is 35.5. The van der Waals surface area contributed by atoms with E-state index in [2.05, 4.69) is 41.0 Å². The van der Waals surface area contributed by atoms with Crippen LogP contribution in [0.5, 0.6) is 17.2 Å². The molecule has 302 valence electrons. The Bertz CT molecular complexity index is 2470. The van der Waals surface area contributed by atoms with Crippen molar-refractivity contribution in [2.75, 3.05) is 61.4 Å². The zero-order valence-corrected chi connectivity index (χ0v) is 31.8. The summed E-state index contributed by atoms with van der Waals surface area (Å²) in [6, 6.07) is 15.0. The second-order valence-corrected chi connectivity index (χ2v) is 12.3. The van der Waals surface area contributed by atoms with Gasteiger partial charge in [-0.3, -0.25) is 25.1 Å². The molecule has 21 heteroatoms. The van der Waals surface area contributed by atoms with Gasteiger partial charge in [0.2, 0.25) is 28.6 Å². The fraction of sp³-hybridized carbons (Fsp3) is 0.158. The van der Waals surface area contributed by atoms with E-state index in [1.807, 2.05) is 53.5 Å². The number of nitrogens with one attached hydrogen (secondary N) is 1. The third-order valence-electron chi connectivity index (χ3n) is 8.41. The number of fused-ring (bicyclic) bond motifs is 1. The number of halogens is 3. The third kappa shape index (κ3) is 9.65. The van der Waals surface area contributed by atoms with Gasteiger partial charge in [-0.1, -0.05) is 12.1 Å². The number of nitrogens with zero attached hydrogens (tertiary/aromatic N) is 8. The van der Waals surface area contributed by atoms with Crippen molar-refractivity contribution in [1.82, 2.24) is 19.9 Å². The number of rotatable bonds is 8. The Morgan fingerprint density at radius 3 is 2.22 bits per heavy atom. The topological polar surface area (TPSA) is 219 Å². The molecule has 5 aromatic rings. The van der Waals surface area contributed by atoms with Crippen molar-refractivity contribution in [3.05, 3.63) is 146 Å². The van der Waals surface area contributed by atoms with Crippen LogP contribution >= 0.6 is 11.6 Å². The quantitative estimate of drug-likeness (QED) is 0.0517. The number of hydrogen-bond donors (Lipinski definition) is 2. The monoisotopic (exact) mass is 829 g/mol. The molecule has 0 saturated carbocycles. The summed E-state index contributed by atoms with van der Waals surface area (Å²) < 4.78 is 47.8. The van der Waals surface area contributed by atoms with Crippen molar-refractivity contribution >= 4 is 57.6 Å². The minimum atomic E-state index is -0.989. The molecule has 8 rings (SSSR count). The van der Waals surface area contributed by atoms with E-state index in [1.54, 1.807) is 18.5 Å². The number of hydrogen-bond acceptors (Lipinski definition) is 16. The van der Waals surface area contributed by atoms with Crippen LogP contribution in [0.2, 0.25) is 5.28 Å². The van der Waals surface area contributed by atoms with E-state index < -0.39 is 32.9 Å². The average Bonchev–Trinajstić information content (AvgIpc) is 3.24. The molecule has 3 aliphatic rings. The van der Waals surface area contributed by atoms with Crippen molar-refractivity contribution in [2.45, 2.75) is 0 Å². The predicted octanol–water partition coefficient (Wildman–Crippen LogP) is 7.24. The summed E-state index contributed by atoms with van der Waals surface area (Å²) in [5.74, 6) is 1.38. The van der Waals surface area contributed by atoms with Gasteiger partial charge in [-0.15, -0.1) is 0 Å². The highest BCUT2D eigenvalue weighted by Crippen LogP contribution is 2.37. The molecule has 0 bridgehead atoms. The molecule has 0 spiro atoms. The van der Waals surface area contributed by atoms with E-state index in [9.17, 15) is 29.0 Å². The zero-order chi connectivity index (χ0) is 42.1. The number of nitrogen functional groups attached to an aromatic ring is 1. The predicted molar refractivity (Wildman–Crippen MR) is 212 cm³/mol. The largest absolute Gasteiger partial charge is 0.494 e. The number of nitro groups is 2. The van der Waals surface area contributed by atoms with E-state index in [4.69, 9.17) is 31.5 Å². The number of nitrogens with two attached hydrogens (primary N) is 1. The van der Waals surface area contributed by atoms with E-state index in [0.29, 0.717) is 25.6 Å². The van der Waals surface area contributed by atoms with Crippen molar-refractivity contribution < 1.29 is 37.6 Å². The highest BCUT2D eigenvalue weighted by molar-refractivity contribution is 6.28. The van der Waals surface area contributed by atoms with Gasteiger partial charge in [0.15, 0.2) is 0 Å². The molecule has 3 aromatic carbocycles. The number of methoxy groups -OCH3 is 2. The lowest BCUT2D eigenvalue weighted by atomic mass is 10.2. The van der Waals surface area contributed by atoms with Gasteiger partial charge in [0.1, 0.15) is 54.3 Å². The number of allylic oxidation sites excluding steroid dienone is 4. The maximum Gasteiger partial charge on any atom is 0.307 e. The fourth-order valence-electron chi connectivity index (χ4n) is 5.74. The third-order valence-corrected chi connectivity index (χ3v) is 8.59. The first-order valence-corrected chi connectivity index (χ1v) is 17.6. The van der Waals surface area contributed by atoms with E-state index in [-0.39, 0.29) is 34.1 Å². The Hall–Kier alpha value is -7.70. The second kappa shape index (κ2) is 18.5. The number of nitro benzene ring substituents is 2. The molecule has 2 aromatic heterocycles.